The van der Waals surface area contributed by atoms with E-state index in [2.05, 4.69) is 26.2 Å². The van der Waals surface area contributed by atoms with Crippen LogP contribution >= 0.6 is 27.7 Å². The average molecular weight is 559 g/mol. The summed E-state index contributed by atoms with van der Waals surface area (Å²) < 4.78 is 11.8. The third-order valence-corrected chi connectivity index (χ3v) is 6.89. The van der Waals surface area contributed by atoms with Crippen LogP contribution in [0.15, 0.2) is 99.3 Å². The first-order valence-electron chi connectivity index (χ1n) is 10.9. The Labute approximate surface area is 220 Å². The van der Waals surface area contributed by atoms with Gasteiger partial charge in [-0.05, 0) is 80.4 Å². The third kappa shape index (κ3) is 5.05. The third-order valence-electron chi connectivity index (χ3n) is 5.39. The topological polar surface area (TPSA) is 77.0 Å². The summed E-state index contributed by atoms with van der Waals surface area (Å²) in [6, 6.07) is 26.0. The number of esters is 1. The van der Waals surface area contributed by atoms with E-state index in [0.717, 1.165) is 16.5 Å². The fourth-order valence-electron chi connectivity index (χ4n) is 3.72. The van der Waals surface area contributed by atoms with Crippen molar-refractivity contribution in [2.24, 2.45) is 4.99 Å². The predicted molar refractivity (Wildman–Crippen MR) is 147 cm³/mol. The van der Waals surface area contributed by atoms with Gasteiger partial charge in [0.25, 0.3) is 5.91 Å². The number of thioether (sulfide) groups is 1. The molecule has 0 saturated carbocycles. The fourth-order valence-corrected chi connectivity index (χ4v) is 5.11. The Hall–Kier alpha value is -3.88. The maximum atomic E-state index is 13.1. The maximum Gasteiger partial charge on any atom is 0.344 e. The minimum absolute atomic E-state index is 0.240. The van der Waals surface area contributed by atoms with Gasteiger partial charge in [-0.25, -0.2) is 9.79 Å². The monoisotopic (exact) mass is 558 g/mol. The molecule has 4 aromatic carbocycles. The van der Waals surface area contributed by atoms with Crippen LogP contribution in [-0.2, 0) is 4.79 Å². The molecule has 6 nitrogen and oxygen atoms in total. The quantitative estimate of drug-likeness (QED) is 0.167. The summed E-state index contributed by atoms with van der Waals surface area (Å²) >= 11 is 4.74. The minimum atomic E-state index is -0.496. The van der Waals surface area contributed by atoms with Gasteiger partial charge in [0.05, 0.1) is 27.7 Å². The van der Waals surface area contributed by atoms with Gasteiger partial charge in [0.1, 0.15) is 0 Å². The zero-order valence-electron chi connectivity index (χ0n) is 19.0. The van der Waals surface area contributed by atoms with Gasteiger partial charge < -0.3 is 14.8 Å². The molecule has 1 aliphatic heterocycles. The number of amidine groups is 1. The number of carbonyl (C=O) groups is 2. The van der Waals surface area contributed by atoms with Crippen LogP contribution in [-0.4, -0.2) is 24.2 Å². The average Bonchev–Trinajstić information content (AvgIpc) is 3.23. The molecule has 1 fully saturated rings. The van der Waals surface area contributed by atoms with Crippen molar-refractivity contribution < 1.29 is 19.1 Å². The Morgan fingerprint density at radius 1 is 1.00 bits per heavy atom. The number of nitrogens with one attached hydrogen (secondary N) is 1. The molecular formula is C28H19BrN2O4S. The Morgan fingerprint density at radius 3 is 2.56 bits per heavy atom. The van der Waals surface area contributed by atoms with Crippen molar-refractivity contribution in [2.45, 2.75) is 0 Å². The van der Waals surface area contributed by atoms with Gasteiger partial charge in [-0.2, -0.15) is 0 Å². The van der Waals surface area contributed by atoms with E-state index in [-0.39, 0.29) is 11.7 Å². The molecule has 1 N–H and O–H groups in total. The van der Waals surface area contributed by atoms with E-state index in [4.69, 9.17) is 9.47 Å². The number of rotatable bonds is 5. The minimum Gasteiger partial charge on any atom is -0.493 e. The van der Waals surface area contributed by atoms with E-state index in [1.165, 1.54) is 18.9 Å². The first kappa shape index (κ1) is 23.8. The molecule has 0 atom stereocenters. The molecular weight excluding hydrogens is 540 g/mol. The summed E-state index contributed by atoms with van der Waals surface area (Å²) in [7, 11) is 1.50. The van der Waals surface area contributed by atoms with Crippen molar-refractivity contribution in [3.63, 3.8) is 0 Å². The van der Waals surface area contributed by atoms with E-state index in [1.807, 2.05) is 66.7 Å². The van der Waals surface area contributed by atoms with Crippen molar-refractivity contribution in [2.75, 3.05) is 7.11 Å². The number of benzene rings is 4. The summed E-state index contributed by atoms with van der Waals surface area (Å²) in [6.07, 6.45) is 1.73. The molecule has 1 amide bonds. The number of methoxy groups -OCH3 is 1. The fraction of sp³-hybridized carbons (Fsp3) is 0.0357. The molecule has 0 unspecified atom stereocenters. The summed E-state index contributed by atoms with van der Waals surface area (Å²) in [4.78, 5) is 30.5. The highest BCUT2D eigenvalue weighted by Crippen LogP contribution is 2.39. The Bertz CT molecular complexity index is 1540. The molecule has 0 radical (unpaired) electrons. The van der Waals surface area contributed by atoms with Gasteiger partial charge in [-0.3, -0.25) is 4.79 Å². The second kappa shape index (κ2) is 10.4. The van der Waals surface area contributed by atoms with Crippen LogP contribution in [0.2, 0.25) is 0 Å². The molecule has 4 aromatic rings. The zero-order chi connectivity index (χ0) is 25.1. The first-order chi connectivity index (χ1) is 17.5. The number of hydrogen-bond donors (Lipinski definition) is 1. The van der Waals surface area contributed by atoms with Gasteiger partial charge in [0, 0.05) is 0 Å². The van der Waals surface area contributed by atoms with Crippen LogP contribution in [0.1, 0.15) is 15.9 Å². The lowest BCUT2D eigenvalue weighted by atomic mass is 10.0. The molecule has 0 aliphatic carbocycles. The van der Waals surface area contributed by atoms with Crippen LogP contribution in [0, 0.1) is 0 Å². The summed E-state index contributed by atoms with van der Waals surface area (Å²) in [5.74, 6) is -0.126. The lowest BCUT2D eigenvalue weighted by molar-refractivity contribution is -0.115. The molecule has 178 valence electrons. The highest BCUT2D eigenvalue weighted by Gasteiger charge is 2.25. The van der Waals surface area contributed by atoms with Crippen molar-refractivity contribution >= 4 is 67.3 Å². The molecule has 0 aromatic heterocycles. The molecule has 0 spiro atoms. The highest BCUT2D eigenvalue weighted by molar-refractivity contribution is 9.10. The highest BCUT2D eigenvalue weighted by atomic mass is 79.9. The van der Waals surface area contributed by atoms with E-state index in [0.29, 0.717) is 31.4 Å². The number of aliphatic imine (C=N–C) groups is 1. The number of amides is 1. The number of para-hydroxylation sites is 1. The lowest BCUT2D eigenvalue weighted by Crippen LogP contribution is -2.19. The molecule has 5 rings (SSSR count). The van der Waals surface area contributed by atoms with Crippen LogP contribution in [0.25, 0.3) is 16.8 Å². The van der Waals surface area contributed by atoms with E-state index in [1.54, 1.807) is 24.3 Å². The molecule has 1 heterocycles. The second-order valence-corrected chi connectivity index (χ2v) is 9.65. The van der Waals surface area contributed by atoms with Crippen molar-refractivity contribution in [1.29, 1.82) is 0 Å². The lowest BCUT2D eigenvalue weighted by Gasteiger charge is -2.13. The van der Waals surface area contributed by atoms with Gasteiger partial charge in [-0.15, -0.1) is 0 Å². The van der Waals surface area contributed by atoms with Gasteiger partial charge >= 0.3 is 5.97 Å². The maximum absolute atomic E-state index is 13.1. The van der Waals surface area contributed by atoms with Crippen molar-refractivity contribution in [3.05, 3.63) is 105 Å². The number of hydrogen-bond acceptors (Lipinski definition) is 6. The standard InChI is InChI=1S/C28H19BrN2O4S/c1-34-23-15-17(16-24-26(32)31-28(36-24)30-19-10-3-2-4-11-19)14-22(29)25(23)35-27(33)21-13-7-9-18-8-5-6-12-20(18)21/h2-16H,1H3,(H,30,31,32)/b24-16-. The second-order valence-electron chi connectivity index (χ2n) is 7.77. The van der Waals surface area contributed by atoms with Crippen LogP contribution < -0.4 is 14.8 Å². The number of carbonyl (C=O) groups excluding carboxylic acids is 2. The van der Waals surface area contributed by atoms with Crippen LogP contribution in [0.3, 0.4) is 0 Å². The number of halogens is 1. The number of ether oxygens (including phenoxy) is 2. The van der Waals surface area contributed by atoms with E-state index >= 15 is 0 Å². The number of nitrogens with zero attached hydrogens (tertiary/aromatic N) is 1. The smallest absolute Gasteiger partial charge is 0.344 e. The molecule has 1 saturated heterocycles. The van der Waals surface area contributed by atoms with E-state index in [9.17, 15) is 9.59 Å². The predicted octanol–water partition coefficient (Wildman–Crippen LogP) is 6.72. The number of fused-ring (bicyclic) bond motifs is 1. The Morgan fingerprint density at radius 2 is 1.75 bits per heavy atom. The van der Waals surface area contributed by atoms with Crippen LogP contribution in [0.5, 0.6) is 11.5 Å². The SMILES string of the molecule is COc1cc(/C=C2\SC(=Nc3ccccc3)NC2=O)cc(Br)c1OC(=O)c1cccc2ccccc12. The van der Waals surface area contributed by atoms with Crippen molar-refractivity contribution in [1.82, 2.24) is 5.32 Å². The largest absolute Gasteiger partial charge is 0.493 e. The molecule has 36 heavy (non-hydrogen) atoms. The van der Waals surface area contributed by atoms with E-state index < -0.39 is 5.97 Å². The van der Waals surface area contributed by atoms with Crippen LogP contribution in [0.4, 0.5) is 5.69 Å². The van der Waals surface area contributed by atoms with Crippen molar-refractivity contribution in [3.8, 4) is 11.5 Å². The summed E-state index contributed by atoms with van der Waals surface area (Å²) in [6.45, 7) is 0. The zero-order valence-corrected chi connectivity index (χ0v) is 21.4. The normalized spacial score (nSPS) is 15.3. The van der Waals surface area contributed by atoms with Gasteiger partial charge in [0.2, 0.25) is 0 Å². The molecule has 1 aliphatic rings. The molecule has 8 heteroatoms. The summed E-state index contributed by atoms with van der Waals surface area (Å²) in [5, 5.41) is 5.03. The van der Waals surface area contributed by atoms with Gasteiger partial charge in [0.15, 0.2) is 16.7 Å². The summed E-state index contributed by atoms with van der Waals surface area (Å²) in [5.41, 5.74) is 1.91. The Balaban J connectivity index is 1.41. The first-order valence-corrected chi connectivity index (χ1v) is 12.5. The Kier molecular flexibility index (Phi) is 6.88. The van der Waals surface area contributed by atoms with Gasteiger partial charge in [-0.1, -0.05) is 54.6 Å². The molecule has 0 bridgehead atoms.